The average molecular weight is 466 g/mol. The number of amides is 2. The molecule has 2 aromatic heterocycles. The van der Waals surface area contributed by atoms with Crippen molar-refractivity contribution in [2.75, 3.05) is 31.1 Å². The number of aryl methyl sites for hydroxylation is 1. The summed E-state index contributed by atoms with van der Waals surface area (Å²) in [4.78, 5) is 37.5. The summed E-state index contributed by atoms with van der Waals surface area (Å²) in [7, 11) is 0. The van der Waals surface area contributed by atoms with Gasteiger partial charge < -0.3 is 19.6 Å². The quantitative estimate of drug-likeness (QED) is 0.644. The third-order valence-corrected chi connectivity index (χ3v) is 6.65. The molecule has 1 aliphatic heterocycles. The molecule has 2 fully saturated rings. The highest BCUT2D eigenvalue weighted by Gasteiger charge is 2.38. The second kappa shape index (κ2) is 10.6. The lowest BCUT2D eigenvalue weighted by Crippen LogP contribution is -2.49. The van der Waals surface area contributed by atoms with Gasteiger partial charge in [0.1, 0.15) is 11.4 Å². The lowest BCUT2D eigenvalue weighted by molar-refractivity contribution is -0.131. The van der Waals surface area contributed by atoms with Crippen LogP contribution in [0.2, 0.25) is 0 Å². The van der Waals surface area contributed by atoms with Crippen LogP contribution in [0.5, 0.6) is 0 Å². The van der Waals surface area contributed by atoms with Crippen molar-refractivity contribution in [3.8, 4) is 6.07 Å². The smallest absolute Gasteiger partial charge is 0.227 e. The molecule has 2 aromatic rings. The van der Waals surface area contributed by atoms with Crippen LogP contribution in [0.3, 0.4) is 0 Å². The highest BCUT2D eigenvalue weighted by molar-refractivity contribution is 5.76. The van der Waals surface area contributed by atoms with E-state index < -0.39 is 5.54 Å². The summed E-state index contributed by atoms with van der Waals surface area (Å²) in [6, 6.07) is 5.58. The van der Waals surface area contributed by atoms with Gasteiger partial charge in [-0.15, -0.1) is 0 Å². The maximum absolute atomic E-state index is 12.8. The first-order chi connectivity index (χ1) is 16.5. The molecule has 0 spiro atoms. The maximum Gasteiger partial charge on any atom is 0.227 e. The number of aromatic nitrogens is 3. The van der Waals surface area contributed by atoms with Crippen molar-refractivity contribution in [1.82, 2.24) is 25.3 Å². The first-order valence-electron chi connectivity index (χ1n) is 12.0. The molecule has 10 nitrogen and oxygen atoms in total. The van der Waals surface area contributed by atoms with Crippen LogP contribution >= 0.6 is 0 Å². The predicted molar refractivity (Wildman–Crippen MR) is 124 cm³/mol. The fourth-order valence-corrected chi connectivity index (χ4v) is 4.84. The first-order valence-corrected chi connectivity index (χ1v) is 12.0. The van der Waals surface area contributed by atoms with Crippen molar-refractivity contribution in [2.24, 2.45) is 0 Å². The van der Waals surface area contributed by atoms with Crippen LogP contribution in [0.4, 0.5) is 5.82 Å². The van der Waals surface area contributed by atoms with Gasteiger partial charge in [-0.05, 0) is 25.0 Å². The van der Waals surface area contributed by atoms with E-state index in [9.17, 15) is 9.59 Å². The SMILES string of the molecule is CC(=O)NC1(c2noc(CCC(=O)N3CCN(c4cc(C#N)ccn4)CC3)n2)CCCCCC1. The van der Waals surface area contributed by atoms with E-state index in [0.717, 1.165) is 44.3 Å². The number of nitrogens with zero attached hydrogens (tertiary/aromatic N) is 6. The number of nitriles is 1. The monoisotopic (exact) mass is 465 g/mol. The number of pyridine rings is 1. The van der Waals surface area contributed by atoms with Crippen molar-refractivity contribution in [3.05, 3.63) is 35.6 Å². The van der Waals surface area contributed by atoms with Gasteiger partial charge in [-0.3, -0.25) is 9.59 Å². The van der Waals surface area contributed by atoms with Crippen LogP contribution in [-0.2, 0) is 21.5 Å². The van der Waals surface area contributed by atoms with Crippen LogP contribution in [0, 0.1) is 11.3 Å². The number of carbonyl (C=O) groups excluding carboxylic acids is 2. The Bertz CT molecular complexity index is 1040. The highest BCUT2D eigenvalue weighted by atomic mass is 16.5. The number of anilines is 1. The zero-order valence-electron chi connectivity index (χ0n) is 19.6. The summed E-state index contributed by atoms with van der Waals surface area (Å²) in [6.45, 7) is 4.04. The topological polar surface area (TPSA) is 128 Å². The van der Waals surface area contributed by atoms with E-state index in [1.54, 1.807) is 18.3 Å². The van der Waals surface area contributed by atoms with Gasteiger partial charge in [0.05, 0.1) is 11.6 Å². The Morgan fingerprint density at radius 1 is 1.18 bits per heavy atom. The van der Waals surface area contributed by atoms with Crippen molar-refractivity contribution in [1.29, 1.82) is 5.26 Å². The summed E-state index contributed by atoms with van der Waals surface area (Å²) in [5.41, 5.74) is -0.00651. The van der Waals surface area contributed by atoms with E-state index in [0.29, 0.717) is 49.9 Å². The molecule has 3 heterocycles. The standard InChI is InChI=1S/C24H31N7O3/c1-18(32)28-24(9-4-2-3-5-10-24)23-27-21(34-29-23)6-7-22(33)31-14-12-30(13-15-31)20-16-19(17-25)8-11-26-20/h8,11,16H,2-7,9-10,12-15H2,1H3,(H,28,32). The Hall–Kier alpha value is -3.48. The molecule has 180 valence electrons. The molecule has 0 aromatic carbocycles. The summed E-state index contributed by atoms with van der Waals surface area (Å²) in [5, 5.41) is 16.4. The lowest BCUT2D eigenvalue weighted by atomic mass is 9.89. The first kappa shape index (κ1) is 23.7. The number of hydrogen-bond acceptors (Lipinski definition) is 8. The second-order valence-electron chi connectivity index (χ2n) is 9.07. The Balaban J connectivity index is 1.31. The fourth-order valence-electron chi connectivity index (χ4n) is 4.84. The van der Waals surface area contributed by atoms with Crippen LogP contribution in [0.25, 0.3) is 0 Å². The molecule has 10 heteroatoms. The van der Waals surface area contributed by atoms with Crippen molar-refractivity contribution >= 4 is 17.6 Å². The van der Waals surface area contributed by atoms with Gasteiger partial charge in [-0.25, -0.2) is 4.98 Å². The molecule has 1 aliphatic carbocycles. The Morgan fingerprint density at radius 2 is 1.91 bits per heavy atom. The molecule has 0 bridgehead atoms. The molecule has 0 atom stereocenters. The van der Waals surface area contributed by atoms with Gasteiger partial charge in [0, 0.05) is 52.1 Å². The number of rotatable bonds is 6. The van der Waals surface area contributed by atoms with Gasteiger partial charge in [0.25, 0.3) is 0 Å². The molecular formula is C24H31N7O3. The summed E-state index contributed by atoms with van der Waals surface area (Å²) < 4.78 is 5.47. The third kappa shape index (κ3) is 5.53. The minimum Gasteiger partial charge on any atom is -0.353 e. The van der Waals surface area contributed by atoms with Gasteiger partial charge in [0.2, 0.25) is 17.7 Å². The van der Waals surface area contributed by atoms with E-state index in [-0.39, 0.29) is 18.2 Å². The number of piperazine rings is 1. The molecule has 0 unspecified atom stereocenters. The van der Waals surface area contributed by atoms with Crippen molar-refractivity contribution in [2.45, 2.75) is 63.8 Å². The fraction of sp³-hybridized carbons (Fsp3) is 0.583. The minimum atomic E-state index is -0.582. The number of nitrogens with one attached hydrogen (secondary N) is 1. The molecule has 1 N–H and O–H groups in total. The van der Waals surface area contributed by atoms with Crippen LogP contribution < -0.4 is 10.2 Å². The van der Waals surface area contributed by atoms with Gasteiger partial charge in [-0.2, -0.15) is 10.2 Å². The molecule has 1 saturated heterocycles. The van der Waals surface area contributed by atoms with Crippen LogP contribution in [0.1, 0.15) is 69.1 Å². The Morgan fingerprint density at radius 3 is 2.59 bits per heavy atom. The highest BCUT2D eigenvalue weighted by Crippen LogP contribution is 2.34. The minimum absolute atomic E-state index is 0.0455. The van der Waals surface area contributed by atoms with Gasteiger partial charge >= 0.3 is 0 Å². The molecular weight excluding hydrogens is 434 g/mol. The molecule has 2 aliphatic rings. The van der Waals surface area contributed by atoms with Crippen molar-refractivity contribution in [3.63, 3.8) is 0 Å². The predicted octanol–water partition coefficient (Wildman–Crippen LogP) is 2.30. The molecule has 2 amide bonds. The Kier molecular flexibility index (Phi) is 7.40. The summed E-state index contributed by atoms with van der Waals surface area (Å²) >= 11 is 0. The zero-order chi connectivity index (χ0) is 24.0. The van der Waals surface area contributed by atoms with Crippen LogP contribution in [-0.4, -0.2) is 58.0 Å². The van der Waals surface area contributed by atoms with Crippen molar-refractivity contribution < 1.29 is 14.1 Å². The van der Waals surface area contributed by atoms with Gasteiger partial charge in [0.15, 0.2) is 5.82 Å². The second-order valence-corrected chi connectivity index (χ2v) is 9.07. The normalized spacial score (nSPS) is 18.1. The van der Waals surface area contributed by atoms with E-state index in [4.69, 9.17) is 9.78 Å². The van der Waals surface area contributed by atoms with Gasteiger partial charge in [-0.1, -0.05) is 30.8 Å². The number of hydrogen-bond donors (Lipinski definition) is 1. The molecule has 4 rings (SSSR count). The number of carbonyl (C=O) groups is 2. The molecule has 0 radical (unpaired) electrons. The van der Waals surface area contributed by atoms with E-state index in [1.807, 2.05) is 4.90 Å². The maximum atomic E-state index is 12.8. The lowest BCUT2D eigenvalue weighted by Gasteiger charge is -2.35. The molecule has 34 heavy (non-hydrogen) atoms. The summed E-state index contributed by atoms with van der Waals surface area (Å²) in [6.07, 6.45) is 8.15. The average Bonchev–Trinajstić information content (AvgIpc) is 3.22. The van der Waals surface area contributed by atoms with Crippen LogP contribution in [0.15, 0.2) is 22.9 Å². The zero-order valence-corrected chi connectivity index (χ0v) is 19.6. The largest absolute Gasteiger partial charge is 0.353 e. The van der Waals surface area contributed by atoms with E-state index >= 15 is 0 Å². The molecule has 1 saturated carbocycles. The van der Waals surface area contributed by atoms with E-state index in [2.05, 4.69) is 31.4 Å². The van der Waals surface area contributed by atoms with E-state index in [1.165, 1.54) is 6.92 Å². The Labute approximate surface area is 199 Å². The summed E-state index contributed by atoms with van der Waals surface area (Å²) in [5.74, 6) is 1.65. The third-order valence-electron chi connectivity index (χ3n) is 6.65.